The van der Waals surface area contributed by atoms with Gasteiger partial charge in [-0.2, -0.15) is 0 Å². The van der Waals surface area contributed by atoms with Gasteiger partial charge in [0.05, 0.1) is 0 Å². The van der Waals surface area contributed by atoms with Gasteiger partial charge < -0.3 is 0 Å². The molecule has 0 heterocycles. The van der Waals surface area contributed by atoms with Crippen LogP contribution in [0.4, 0.5) is 0 Å². The number of hydrogen-bond donors (Lipinski definition) is 4. The summed E-state index contributed by atoms with van der Waals surface area (Å²) < 4.78 is -12.5. The summed E-state index contributed by atoms with van der Waals surface area (Å²) in [6, 6.07) is 0. The van der Waals surface area contributed by atoms with Crippen LogP contribution in [0.1, 0.15) is 81.1 Å². The maximum atomic E-state index is 13.6. The van der Waals surface area contributed by atoms with Crippen molar-refractivity contribution in [3.63, 3.8) is 0 Å². The van der Waals surface area contributed by atoms with E-state index in [1.807, 2.05) is 0 Å². The van der Waals surface area contributed by atoms with E-state index in [1.165, 1.54) is 0 Å². The standard InChI is InChI=1S/4C6H9O3.Zr/c4*1-3-5(4(2)7)6(8)9;/h4*3H2,1-2H3,(H,8,9);. The van der Waals surface area contributed by atoms with Crippen molar-refractivity contribution >= 4 is 47.0 Å². The van der Waals surface area contributed by atoms with Gasteiger partial charge in [-0.25, -0.2) is 0 Å². The molecule has 0 fully saturated rings. The Morgan fingerprint density at radius 2 is 0.568 bits per heavy atom. The molecule has 37 heavy (non-hydrogen) atoms. The van der Waals surface area contributed by atoms with Crippen LogP contribution in [0.25, 0.3) is 0 Å². The van der Waals surface area contributed by atoms with E-state index < -0.39 is 105 Å². The number of carbonyl (C=O) groups is 8. The van der Waals surface area contributed by atoms with Gasteiger partial charge in [0.25, 0.3) is 0 Å². The molecule has 0 rings (SSSR count). The summed E-state index contributed by atoms with van der Waals surface area (Å²) in [5.74, 6) is -13.6. The van der Waals surface area contributed by atoms with Gasteiger partial charge in [0.15, 0.2) is 0 Å². The van der Waals surface area contributed by atoms with E-state index in [9.17, 15) is 58.8 Å². The Balaban J connectivity index is 10.1. The van der Waals surface area contributed by atoms with Crippen molar-refractivity contribution in [2.24, 2.45) is 0 Å². The van der Waals surface area contributed by atoms with Crippen LogP contribution in [0.15, 0.2) is 0 Å². The van der Waals surface area contributed by atoms with Gasteiger partial charge in [-0.05, 0) is 0 Å². The summed E-state index contributed by atoms with van der Waals surface area (Å²) in [6.07, 6.45) is -3.39. The third-order valence-electron chi connectivity index (χ3n) is 8.55. The molecule has 0 aliphatic heterocycles. The van der Waals surface area contributed by atoms with Crippen LogP contribution in [0.2, 0.25) is 12.5 Å². The molecular formula is C24H36O12Zr. The zero-order valence-corrected chi connectivity index (χ0v) is 24.8. The number of carboxylic acid groups (broad SMARTS) is 4. The minimum atomic E-state index is -7.52. The molecule has 13 heteroatoms. The van der Waals surface area contributed by atoms with Crippen LogP contribution in [0, 0.1) is 0 Å². The van der Waals surface area contributed by atoms with E-state index in [2.05, 4.69) is 0 Å². The molecule has 0 saturated carbocycles. The second-order valence-corrected chi connectivity index (χ2v) is 21.3. The van der Waals surface area contributed by atoms with E-state index in [4.69, 9.17) is 0 Å². The summed E-state index contributed by atoms with van der Waals surface area (Å²) in [5.41, 5.74) is 0. The molecule has 0 aromatic rings. The van der Waals surface area contributed by atoms with Gasteiger partial charge in [0, 0.05) is 0 Å². The van der Waals surface area contributed by atoms with Crippen molar-refractivity contribution in [3.8, 4) is 0 Å². The molecule has 208 valence electrons. The Kier molecular flexibility index (Phi) is 10.7. The second kappa shape index (κ2) is 11.5. The molecular weight excluding hydrogens is 571 g/mol. The number of Topliss-reactive ketones (excluding diaryl/α,β-unsaturated/α-hetero) is 4. The van der Waals surface area contributed by atoms with Gasteiger partial charge in [0.2, 0.25) is 0 Å². The van der Waals surface area contributed by atoms with E-state index in [1.54, 1.807) is 0 Å². The summed E-state index contributed by atoms with van der Waals surface area (Å²) in [6.45, 7) is 7.41. The second-order valence-electron chi connectivity index (χ2n) is 9.23. The fourth-order valence-electron chi connectivity index (χ4n) is 7.15. The molecule has 0 radical (unpaired) electrons. The van der Waals surface area contributed by atoms with Gasteiger partial charge in [-0.1, -0.05) is 0 Å². The van der Waals surface area contributed by atoms with Gasteiger partial charge >= 0.3 is 220 Å². The fraction of sp³-hybridized carbons (Fsp3) is 0.667. The molecule has 0 aliphatic carbocycles. The third kappa shape index (κ3) is 3.79. The number of rotatable bonds is 16. The van der Waals surface area contributed by atoms with Crippen molar-refractivity contribution in [1.29, 1.82) is 0 Å². The van der Waals surface area contributed by atoms with Crippen LogP contribution in [0.5, 0.6) is 0 Å². The van der Waals surface area contributed by atoms with Crippen LogP contribution < -0.4 is 0 Å². The molecule has 0 spiro atoms. The Labute approximate surface area is 219 Å². The van der Waals surface area contributed by atoms with E-state index >= 15 is 0 Å². The van der Waals surface area contributed by atoms with E-state index in [-0.39, 0.29) is 0 Å². The summed E-state index contributed by atoms with van der Waals surface area (Å²) in [5, 5.41) is 42.9. The third-order valence-corrected chi connectivity index (χ3v) is 30.2. The quantitative estimate of drug-likeness (QED) is 0.186. The first-order chi connectivity index (χ1) is 16.8. The van der Waals surface area contributed by atoms with E-state index in [0.717, 1.165) is 55.4 Å². The van der Waals surface area contributed by atoms with Gasteiger partial charge in [-0.15, -0.1) is 0 Å². The number of ketones is 4. The minimum absolute atomic E-state index is 0.733. The van der Waals surface area contributed by atoms with Crippen LogP contribution >= 0.6 is 0 Å². The molecule has 0 aromatic carbocycles. The summed E-state index contributed by atoms with van der Waals surface area (Å²) in [7, 11) is 0. The zero-order valence-electron chi connectivity index (χ0n) is 22.4. The average molecular weight is 608 g/mol. The SMILES string of the molecule is CC[C](C(C)=O)(C(=O)O)[Zr]([C](CC)(C(C)=O)C(=O)O)([C](CC)(C(C)=O)C(=O)O)[C](CC)(C(C)=O)C(=O)O. The fourth-order valence-corrected chi connectivity index (χ4v) is 31.5. The number of carbonyl (C=O) groups excluding carboxylic acids is 4. The first kappa shape index (κ1) is 34.4. The van der Waals surface area contributed by atoms with Crippen molar-refractivity contribution in [2.45, 2.75) is 93.6 Å². The molecule has 0 saturated heterocycles. The Morgan fingerprint density at radius 1 is 0.432 bits per heavy atom. The number of carboxylic acids is 4. The van der Waals surface area contributed by atoms with Crippen molar-refractivity contribution in [3.05, 3.63) is 0 Å². The maximum absolute atomic E-state index is 13.6. The molecule has 4 atom stereocenters. The Morgan fingerprint density at radius 3 is 0.622 bits per heavy atom. The molecule has 12 nitrogen and oxygen atoms in total. The first-order valence-corrected chi connectivity index (χ1v) is 16.7. The molecule has 0 bridgehead atoms. The molecule has 4 N–H and O–H groups in total. The molecule has 0 amide bonds. The zero-order chi connectivity index (χ0) is 29.9. The number of aliphatic carboxylic acids is 4. The molecule has 4 unspecified atom stereocenters. The molecule has 0 aliphatic rings. The summed E-state index contributed by atoms with van der Waals surface area (Å²) >= 11 is -7.52. The van der Waals surface area contributed by atoms with Gasteiger partial charge in [-0.3, -0.25) is 0 Å². The van der Waals surface area contributed by atoms with Crippen LogP contribution in [-0.2, 0) is 58.6 Å². The average Bonchev–Trinajstić information content (AvgIpc) is 2.74. The topological polar surface area (TPSA) is 217 Å². The normalized spacial score (nSPS) is 19.5. The van der Waals surface area contributed by atoms with Crippen molar-refractivity contribution < 1.29 is 79.0 Å². The van der Waals surface area contributed by atoms with Crippen LogP contribution in [0.3, 0.4) is 0 Å². The van der Waals surface area contributed by atoms with E-state index in [0.29, 0.717) is 0 Å². The summed E-state index contributed by atoms with van der Waals surface area (Å²) in [4.78, 5) is 107. The monoisotopic (exact) mass is 606 g/mol. The Hall–Kier alpha value is -2.56. The van der Waals surface area contributed by atoms with Crippen molar-refractivity contribution in [1.82, 2.24) is 0 Å². The molecule has 0 aromatic heterocycles. The Bertz CT molecular complexity index is 819. The number of hydrogen-bond acceptors (Lipinski definition) is 8. The van der Waals surface area contributed by atoms with Crippen LogP contribution in [-0.4, -0.2) is 67.4 Å². The first-order valence-electron chi connectivity index (χ1n) is 11.8. The van der Waals surface area contributed by atoms with Crippen molar-refractivity contribution in [2.75, 3.05) is 0 Å². The van der Waals surface area contributed by atoms with Gasteiger partial charge in [0.1, 0.15) is 0 Å². The predicted molar refractivity (Wildman–Crippen MR) is 125 cm³/mol. The predicted octanol–water partition coefficient (Wildman–Crippen LogP) is 3.11.